The van der Waals surface area contributed by atoms with Gasteiger partial charge in [0.15, 0.2) is 12.1 Å². The molecule has 0 radical (unpaired) electrons. The Hall–Kier alpha value is -2.54. The number of halogens is 2. The van der Waals surface area contributed by atoms with E-state index in [-0.39, 0.29) is 5.02 Å². The van der Waals surface area contributed by atoms with Crippen molar-refractivity contribution in [3.63, 3.8) is 0 Å². The van der Waals surface area contributed by atoms with E-state index in [1.54, 1.807) is 12.1 Å². The van der Waals surface area contributed by atoms with E-state index >= 15 is 0 Å². The fraction of sp³-hybridized carbons (Fsp3) is 0.0769. The van der Waals surface area contributed by atoms with E-state index in [2.05, 4.69) is 20.4 Å². The summed E-state index contributed by atoms with van der Waals surface area (Å²) in [4.78, 5) is 23.6. The second-order valence-corrected chi connectivity index (χ2v) is 4.57. The first-order chi connectivity index (χ1) is 10.2. The molecule has 2 aromatic rings. The van der Waals surface area contributed by atoms with Crippen LogP contribution in [0.15, 0.2) is 35.7 Å². The number of aldehydes is 1. The van der Waals surface area contributed by atoms with Gasteiger partial charge in [-0.05, 0) is 24.3 Å². The highest BCUT2D eigenvalue weighted by atomic mass is 35.5. The van der Waals surface area contributed by atoms with Crippen molar-refractivity contribution in [2.24, 2.45) is 5.16 Å². The molecule has 0 aliphatic carbocycles. The maximum Gasteiger partial charge on any atom is 0.254 e. The van der Waals surface area contributed by atoms with Crippen molar-refractivity contribution in [3.8, 4) is 11.3 Å². The van der Waals surface area contributed by atoms with Gasteiger partial charge in [0.05, 0.1) is 10.7 Å². The Kier molecular flexibility index (Phi) is 3.49. The third-order valence-electron chi connectivity index (χ3n) is 2.79. The van der Waals surface area contributed by atoms with Crippen LogP contribution in [0.25, 0.3) is 11.3 Å². The molecule has 2 heterocycles. The fourth-order valence-corrected chi connectivity index (χ4v) is 1.96. The minimum Gasteiger partial charge on any atom is -0.361 e. The lowest BCUT2D eigenvalue weighted by Crippen LogP contribution is -2.31. The van der Waals surface area contributed by atoms with Crippen LogP contribution in [0.2, 0.25) is 5.02 Å². The van der Waals surface area contributed by atoms with Crippen LogP contribution in [0, 0.1) is 5.82 Å². The lowest BCUT2D eigenvalue weighted by molar-refractivity contribution is -0.117. The number of hydrogen-bond donors (Lipinski definition) is 1. The van der Waals surface area contributed by atoms with Gasteiger partial charge in [-0.25, -0.2) is 14.4 Å². The monoisotopic (exact) mass is 306 g/mol. The predicted octanol–water partition coefficient (Wildman–Crippen LogP) is 1.74. The summed E-state index contributed by atoms with van der Waals surface area (Å²) in [5.74, 6) is -0.178. The van der Waals surface area contributed by atoms with E-state index in [0.717, 1.165) is 0 Å². The number of oxime groups is 1. The van der Waals surface area contributed by atoms with Crippen molar-refractivity contribution in [2.45, 2.75) is 6.23 Å². The number of amidine groups is 1. The molecule has 1 atom stereocenters. The zero-order valence-corrected chi connectivity index (χ0v) is 11.2. The van der Waals surface area contributed by atoms with Gasteiger partial charge >= 0.3 is 0 Å². The van der Waals surface area contributed by atoms with Crippen LogP contribution in [-0.4, -0.2) is 28.3 Å². The maximum absolute atomic E-state index is 13.2. The molecule has 1 aromatic heterocycles. The summed E-state index contributed by atoms with van der Waals surface area (Å²) in [6.07, 6.45) is 1.09. The predicted molar refractivity (Wildman–Crippen MR) is 73.0 cm³/mol. The molecule has 1 aliphatic rings. The quantitative estimate of drug-likeness (QED) is 0.874. The van der Waals surface area contributed by atoms with Crippen LogP contribution in [-0.2, 0) is 9.63 Å². The minimum absolute atomic E-state index is 0.00773. The highest BCUT2D eigenvalue weighted by Gasteiger charge is 2.21. The third-order valence-corrected chi connectivity index (χ3v) is 3.07. The van der Waals surface area contributed by atoms with Crippen LogP contribution >= 0.6 is 11.6 Å². The number of carbonyl (C=O) groups excluding carboxylic acids is 1. The molecule has 0 saturated heterocycles. The number of benzene rings is 1. The van der Waals surface area contributed by atoms with Gasteiger partial charge in [0.25, 0.3) is 6.23 Å². The summed E-state index contributed by atoms with van der Waals surface area (Å²) in [5, 5.41) is 6.47. The van der Waals surface area contributed by atoms with Gasteiger partial charge in [0.1, 0.15) is 17.8 Å². The topological polar surface area (TPSA) is 76.5 Å². The summed E-state index contributed by atoms with van der Waals surface area (Å²) >= 11 is 5.76. The Morgan fingerprint density at radius 2 is 2.10 bits per heavy atom. The molecule has 106 valence electrons. The molecule has 0 bridgehead atoms. The van der Waals surface area contributed by atoms with Gasteiger partial charge in [-0.1, -0.05) is 16.8 Å². The normalized spacial score (nSPS) is 16.9. The van der Waals surface area contributed by atoms with Crippen molar-refractivity contribution >= 4 is 23.7 Å². The van der Waals surface area contributed by atoms with E-state index in [9.17, 15) is 9.18 Å². The van der Waals surface area contributed by atoms with E-state index in [1.165, 1.54) is 18.5 Å². The van der Waals surface area contributed by atoms with Crippen molar-refractivity contribution in [3.05, 3.63) is 47.1 Å². The molecule has 6 nitrogen and oxygen atoms in total. The number of aromatic nitrogens is 2. The first-order valence-electron chi connectivity index (χ1n) is 5.91. The zero-order valence-electron chi connectivity index (χ0n) is 10.5. The molecule has 1 N–H and O–H groups in total. The van der Waals surface area contributed by atoms with E-state index in [4.69, 9.17) is 16.4 Å². The summed E-state index contributed by atoms with van der Waals surface area (Å²) in [6.45, 7) is 0. The van der Waals surface area contributed by atoms with Crippen molar-refractivity contribution < 1.29 is 14.0 Å². The van der Waals surface area contributed by atoms with E-state index < -0.39 is 12.0 Å². The number of hydrogen-bond acceptors (Lipinski definition) is 6. The van der Waals surface area contributed by atoms with Gasteiger partial charge < -0.3 is 10.2 Å². The lowest BCUT2D eigenvalue weighted by atomic mass is 10.1. The van der Waals surface area contributed by atoms with Crippen LogP contribution < -0.4 is 5.32 Å². The van der Waals surface area contributed by atoms with Gasteiger partial charge in [-0.15, -0.1) is 0 Å². The van der Waals surface area contributed by atoms with Crippen molar-refractivity contribution in [2.75, 3.05) is 0 Å². The SMILES string of the molecule is O=CC1NC(c2cc(-c3ccc(F)c(Cl)c3)ncn2)=NO1. The third kappa shape index (κ3) is 2.68. The first kappa shape index (κ1) is 13.4. The van der Waals surface area contributed by atoms with Gasteiger partial charge in [-0.3, -0.25) is 4.79 Å². The summed E-state index contributed by atoms with van der Waals surface area (Å²) in [5.41, 5.74) is 1.63. The summed E-state index contributed by atoms with van der Waals surface area (Å²) in [7, 11) is 0. The Morgan fingerprint density at radius 1 is 1.29 bits per heavy atom. The first-order valence-corrected chi connectivity index (χ1v) is 6.28. The van der Waals surface area contributed by atoms with Gasteiger partial charge in [0, 0.05) is 5.56 Å². The van der Waals surface area contributed by atoms with Crippen molar-refractivity contribution in [1.29, 1.82) is 0 Å². The molecule has 1 aromatic carbocycles. The van der Waals surface area contributed by atoms with E-state index in [1.807, 2.05) is 0 Å². The van der Waals surface area contributed by atoms with Crippen LogP contribution in [0.5, 0.6) is 0 Å². The second-order valence-electron chi connectivity index (χ2n) is 4.16. The number of carbonyl (C=O) groups is 1. The number of rotatable bonds is 3. The largest absolute Gasteiger partial charge is 0.361 e. The highest BCUT2D eigenvalue weighted by Crippen LogP contribution is 2.23. The fourth-order valence-electron chi connectivity index (χ4n) is 1.78. The smallest absolute Gasteiger partial charge is 0.254 e. The van der Waals surface area contributed by atoms with Crippen LogP contribution in [0.1, 0.15) is 5.69 Å². The highest BCUT2D eigenvalue weighted by molar-refractivity contribution is 6.31. The Morgan fingerprint density at radius 3 is 2.81 bits per heavy atom. The van der Waals surface area contributed by atoms with Crippen LogP contribution in [0.3, 0.4) is 0 Å². The molecular weight excluding hydrogens is 299 g/mol. The lowest BCUT2D eigenvalue weighted by Gasteiger charge is -2.05. The number of nitrogens with zero attached hydrogens (tertiary/aromatic N) is 3. The summed E-state index contributed by atoms with van der Waals surface area (Å²) in [6, 6.07) is 5.92. The standard InChI is InChI=1S/C13H8ClFN4O2/c14-8-3-7(1-2-9(8)15)10-4-11(17-6-16-10)13-18-12(5-20)21-19-13/h1-6,12H,(H,18,19). The molecule has 1 aliphatic heterocycles. The average molecular weight is 307 g/mol. The Labute approximate surface area is 123 Å². The maximum atomic E-state index is 13.2. The molecule has 3 rings (SSSR count). The second kappa shape index (κ2) is 5.45. The molecule has 1 unspecified atom stereocenters. The molecule has 0 amide bonds. The number of nitrogens with one attached hydrogen (secondary N) is 1. The van der Waals surface area contributed by atoms with Crippen molar-refractivity contribution in [1.82, 2.24) is 15.3 Å². The zero-order chi connectivity index (χ0) is 14.8. The van der Waals surface area contributed by atoms with E-state index in [0.29, 0.717) is 29.1 Å². The Balaban J connectivity index is 1.93. The van der Waals surface area contributed by atoms with Crippen LogP contribution in [0.4, 0.5) is 4.39 Å². The molecule has 0 fully saturated rings. The molecule has 8 heteroatoms. The van der Waals surface area contributed by atoms with Gasteiger partial charge in [0.2, 0.25) is 0 Å². The minimum atomic E-state index is -0.821. The average Bonchev–Trinajstić information content (AvgIpc) is 2.99. The molecular formula is C13H8ClFN4O2. The van der Waals surface area contributed by atoms with Gasteiger partial charge in [-0.2, -0.15) is 0 Å². The molecule has 0 spiro atoms. The Bertz CT molecular complexity index is 738. The molecule has 21 heavy (non-hydrogen) atoms. The molecule has 0 saturated carbocycles. The summed E-state index contributed by atoms with van der Waals surface area (Å²) < 4.78 is 13.2.